The molecule has 1 aromatic heterocycles. The van der Waals surface area contributed by atoms with Crippen LogP contribution in [0.5, 0.6) is 0 Å². The zero-order chi connectivity index (χ0) is 18.6. The number of thiazole rings is 1. The summed E-state index contributed by atoms with van der Waals surface area (Å²) in [6.07, 6.45) is 3.08. The SMILES string of the molecule is O=C(C=Cc1ccc(F)cc1)Nc1ccccc1-c1nc2ccccc2s1. The minimum atomic E-state index is -0.304. The molecule has 1 N–H and O–H groups in total. The number of fused-ring (bicyclic) bond motifs is 1. The zero-order valence-corrected chi connectivity index (χ0v) is 15.0. The van der Waals surface area contributed by atoms with Crippen molar-refractivity contribution in [2.24, 2.45) is 0 Å². The van der Waals surface area contributed by atoms with Gasteiger partial charge in [0, 0.05) is 11.6 Å². The molecule has 132 valence electrons. The second-order valence-corrected chi connectivity index (χ2v) is 6.94. The van der Waals surface area contributed by atoms with Crippen LogP contribution < -0.4 is 5.32 Å². The van der Waals surface area contributed by atoms with E-state index in [1.807, 2.05) is 48.5 Å². The molecule has 3 aromatic carbocycles. The molecule has 1 amide bonds. The average molecular weight is 374 g/mol. The van der Waals surface area contributed by atoms with Gasteiger partial charge in [-0.3, -0.25) is 4.79 Å². The maximum atomic E-state index is 12.9. The van der Waals surface area contributed by atoms with Crippen molar-refractivity contribution in [1.29, 1.82) is 0 Å². The number of aromatic nitrogens is 1. The molecule has 0 atom stereocenters. The Hall–Kier alpha value is -3.31. The fourth-order valence-corrected chi connectivity index (χ4v) is 3.69. The Balaban J connectivity index is 1.57. The molecule has 0 aliphatic heterocycles. The van der Waals surface area contributed by atoms with E-state index >= 15 is 0 Å². The first kappa shape index (κ1) is 17.1. The van der Waals surface area contributed by atoms with Gasteiger partial charge in [-0.25, -0.2) is 9.37 Å². The highest BCUT2D eigenvalue weighted by molar-refractivity contribution is 7.21. The molecule has 0 unspecified atom stereocenters. The van der Waals surface area contributed by atoms with Gasteiger partial charge < -0.3 is 5.32 Å². The Morgan fingerprint density at radius 3 is 2.52 bits per heavy atom. The highest BCUT2D eigenvalue weighted by Gasteiger charge is 2.11. The largest absolute Gasteiger partial charge is 0.322 e. The Kier molecular flexibility index (Phi) is 4.77. The van der Waals surface area contributed by atoms with E-state index in [0.29, 0.717) is 5.69 Å². The van der Waals surface area contributed by atoms with Gasteiger partial charge in [0.25, 0.3) is 0 Å². The van der Waals surface area contributed by atoms with Gasteiger partial charge in [-0.05, 0) is 48.0 Å². The van der Waals surface area contributed by atoms with Crippen LogP contribution in [-0.4, -0.2) is 10.9 Å². The lowest BCUT2D eigenvalue weighted by molar-refractivity contribution is -0.111. The third kappa shape index (κ3) is 3.93. The smallest absolute Gasteiger partial charge is 0.248 e. The summed E-state index contributed by atoms with van der Waals surface area (Å²) in [6, 6.07) is 21.5. The van der Waals surface area contributed by atoms with Crippen LogP contribution in [0.2, 0.25) is 0 Å². The third-order valence-electron chi connectivity index (χ3n) is 4.01. The van der Waals surface area contributed by atoms with E-state index < -0.39 is 0 Å². The monoisotopic (exact) mass is 374 g/mol. The van der Waals surface area contributed by atoms with Crippen molar-refractivity contribution in [3.8, 4) is 10.6 Å². The number of nitrogens with zero attached hydrogens (tertiary/aromatic N) is 1. The number of anilines is 1. The molecule has 0 aliphatic rings. The average Bonchev–Trinajstić information content (AvgIpc) is 3.12. The minimum Gasteiger partial charge on any atom is -0.322 e. The van der Waals surface area contributed by atoms with Gasteiger partial charge >= 0.3 is 0 Å². The first-order chi connectivity index (χ1) is 13.2. The molecule has 0 saturated carbocycles. The van der Waals surface area contributed by atoms with Gasteiger partial charge in [0.15, 0.2) is 0 Å². The summed E-state index contributed by atoms with van der Waals surface area (Å²) >= 11 is 1.59. The van der Waals surface area contributed by atoms with Crippen molar-refractivity contribution in [2.75, 3.05) is 5.32 Å². The second kappa shape index (κ2) is 7.51. The number of hydrogen-bond donors (Lipinski definition) is 1. The molecule has 3 nitrogen and oxygen atoms in total. The summed E-state index contributed by atoms with van der Waals surface area (Å²) in [5.41, 5.74) is 3.27. The van der Waals surface area contributed by atoms with Crippen molar-refractivity contribution >= 4 is 39.2 Å². The second-order valence-electron chi connectivity index (χ2n) is 5.91. The van der Waals surface area contributed by atoms with E-state index in [9.17, 15) is 9.18 Å². The van der Waals surface area contributed by atoms with Crippen molar-refractivity contribution in [3.05, 3.63) is 90.3 Å². The van der Waals surface area contributed by atoms with Gasteiger partial charge in [0.2, 0.25) is 5.91 Å². The molecule has 1 heterocycles. The van der Waals surface area contributed by atoms with E-state index in [2.05, 4.69) is 10.3 Å². The summed E-state index contributed by atoms with van der Waals surface area (Å²) in [6.45, 7) is 0. The summed E-state index contributed by atoms with van der Waals surface area (Å²) in [5.74, 6) is -0.561. The molecule has 0 aliphatic carbocycles. The molecule has 4 aromatic rings. The van der Waals surface area contributed by atoms with Gasteiger partial charge in [0.05, 0.1) is 15.9 Å². The fraction of sp³-hybridized carbons (Fsp3) is 0. The molecule has 0 bridgehead atoms. The summed E-state index contributed by atoms with van der Waals surface area (Å²) < 4.78 is 14.0. The summed E-state index contributed by atoms with van der Waals surface area (Å²) in [7, 11) is 0. The van der Waals surface area contributed by atoms with E-state index in [1.54, 1.807) is 29.5 Å². The predicted octanol–water partition coefficient (Wildman–Crippen LogP) is 5.75. The number of benzene rings is 3. The lowest BCUT2D eigenvalue weighted by Crippen LogP contribution is -2.08. The standard InChI is InChI=1S/C22H15FN2OS/c23-16-12-9-15(10-13-16)11-14-21(26)24-18-6-2-1-5-17(18)22-25-19-7-3-4-8-20(19)27-22/h1-14H,(H,24,26). The Labute approximate surface area is 159 Å². The van der Waals surface area contributed by atoms with Crippen LogP contribution in [0.15, 0.2) is 78.9 Å². The van der Waals surface area contributed by atoms with Gasteiger partial charge in [-0.1, -0.05) is 36.4 Å². The van der Waals surface area contributed by atoms with Crippen molar-refractivity contribution in [2.45, 2.75) is 0 Å². The van der Waals surface area contributed by atoms with Crippen LogP contribution in [0.1, 0.15) is 5.56 Å². The predicted molar refractivity (Wildman–Crippen MR) is 109 cm³/mol. The topological polar surface area (TPSA) is 42.0 Å². The number of hydrogen-bond acceptors (Lipinski definition) is 3. The number of halogens is 1. The number of rotatable bonds is 4. The van der Waals surface area contributed by atoms with Crippen LogP contribution in [0, 0.1) is 5.82 Å². The van der Waals surface area contributed by atoms with Crippen LogP contribution in [0.4, 0.5) is 10.1 Å². The Bertz CT molecular complexity index is 1100. The van der Waals surface area contributed by atoms with Crippen LogP contribution >= 0.6 is 11.3 Å². The van der Waals surface area contributed by atoms with Crippen molar-refractivity contribution in [1.82, 2.24) is 4.98 Å². The highest BCUT2D eigenvalue weighted by Crippen LogP contribution is 2.34. The number of nitrogens with one attached hydrogen (secondary N) is 1. The lowest BCUT2D eigenvalue weighted by Gasteiger charge is -2.07. The lowest BCUT2D eigenvalue weighted by atomic mass is 10.1. The summed E-state index contributed by atoms with van der Waals surface area (Å²) in [5, 5.41) is 3.76. The van der Waals surface area contributed by atoms with Gasteiger partial charge in [-0.2, -0.15) is 0 Å². The molecular weight excluding hydrogens is 359 g/mol. The molecule has 0 fully saturated rings. The molecular formula is C22H15FN2OS. The maximum Gasteiger partial charge on any atom is 0.248 e. The van der Waals surface area contributed by atoms with Crippen molar-refractivity contribution < 1.29 is 9.18 Å². The molecule has 0 spiro atoms. The fourth-order valence-electron chi connectivity index (χ4n) is 2.69. The first-order valence-electron chi connectivity index (χ1n) is 8.39. The third-order valence-corrected chi connectivity index (χ3v) is 5.08. The number of para-hydroxylation sites is 2. The maximum absolute atomic E-state index is 12.9. The number of carbonyl (C=O) groups is 1. The van der Waals surface area contributed by atoms with Gasteiger partial charge in [0.1, 0.15) is 10.8 Å². The van der Waals surface area contributed by atoms with E-state index in [1.165, 1.54) is 18.2 Å². The van der Waals surface area contributed by atoms with Crippen LogP contribution in [0.3, 0.4) is 0 Å². The molecule has 0 radical (unpaired) electrons. The van der Waals surface area contributed by atoms with E-state index in [-0.39, 0.29) is 11.7 Å². The Morgan fingerprint density at radius 2 is 1.70 bits per heavy atom. The molecule has 5 heteroatoms. The molecule has 27 heavy (non-hydrogen) atoms. The molecule has 4 rings (SSSR count). The number of amides is 1. The number of carbonyl (C=O) groups excluding carboxylic acids is 1. The Morgan fingerprint density at radius 1 is 0.963 bits per heavy atom. The normalized spacial score (nSPS) is 11.1. The first-order valence-corrected chi connectivity index (χ1v) is 9.20. The highest BCUT2D eigenvalue weighted by atomic mass is 32.1. The van der Waals surface area contributed by atoms with Crippen molar-refractivity contribution in [3.63, 3.8) is 0 Å². The van der Waals surface area contributed by atoms with E-state index in [0.717, 1.165) is 26.4 Å². The van der Waals surface area contributed by atoms with Crippen LogP contribution in [-0.2, 0) is 4.79 Å². The quantitative estimate of drug-likeness (QED) is 0.462. The summed E-state index contributed by atoms with van der Waals surface area (Å²) in [4.78, 5) is 17.0. The van der Waals surface area contributed by atoms with Crippen LogP contribution in [0.25, 0.3) is 26.9 Å². The van der Waals surface area contributed by atoms with E-state index in [4.69, 9.17) is 0 Å². The zero-order valence-electron chi connectivity index (χ0n) is 14.2. The van der Waals surface area contributed by atoms with Gasteiger partial charge in [-0.15, -0.1) is 11.3 Å². The molecule has 0 saturated heterocycles. The minimum absolute atomic E-state index is 0.257.